The van der Waals surface area contributed by atoms with Crippen molar-refractivity contribution in [3.8, 4) is 0 Å². The number of halogens is 1. The van der Waals surface area contributed by atoms with E-state index in [2.05, 4.69) is 39.7 Å². The van der Waals surface area contributed by atoms with Crippen LogP contribution < -0.4 is 0 Å². The quantitative estimate of drug-likeness (QED) is 0.849. The molecule has 1 aliphatic heterocycles. The molecule has 1 unspecified atom stereocenters. The molecule has 0 radical (unpaired) electrons. The highest BCUT2D eigenvalue weighted by atomic mass is 79.9. The van der Waals surface area contributed by atoms with Crippen LogP contribution >= 0.6 is 15.9 Å². The third-order valence-corrected chi connectivity index (χ3v) is 3.80. The lowest BCUT2D eigenvalue weighted by molar-refractivity contribution is -0.136. The zero-order valence-corrected chi connectivity index (χ0v) is 12.9. The summed E-state index contributed by atoms with van der Waals surface area (Å²) < 4.78 is 6.51. The molecule has 0 amide bonds. The zero-order chi connectivity index (χ0) is 13.8. The largest absolute Gasteiger partial charge is 0.368 e. The van der Waals surface area contributed by atoms with Gasteiger partial charge in [0.2, 0.25) is 0 Å². The Morgan fingerprint density at radius 3 is 3.00 bits per heavy atom. The van der Waals surface area contributed by atoms with Crippen LogP contribution in [-0.4, -0.2) is 47.5 Å². The van der Waals surface area contributed by atoms with Crippen molar-refractivity contribution < 1.29 is 9.53 Å². The van der Waals surface area contributed by atoms with E-state index in [1.54, 1.807) is 6.20 Å². The molecule has 0 aromatic carbocycles. The second-order valence-corrected chi connectivity index (χ2v) is 5.97. The lowest BCUT2D eigenvalue weighted by Crippen LogP contribution is -2.49. The molecular formula is C14H19BrN2O2. The second-order valence-electron chi connectivity index (χ2n) is 5.06. The average Bonchev–Trinajstić information content (AvgIpc) is 2.41. The van der Waals surface area contributed by atoms with E-state index in [1.807, 2.05) is 12.1 Å². The smallest absolute Gasteiger partial charge is 0.168 e. The van der Waals surface area contributed by atoms with Crippen LogP contribution in [0.2, 0.25) is 0 Å². The summed E-state index contributed by atoms with van der Waals surface area (Å²) >= 11 is 3.33. The maximum atomic E-state index is 12.2. The summed E-state index contributed by atoms with van der Waals surface area (Å²) in [7, 11) is 0. The molecular weight excluding hydrogens is 308 g/mol. The van der Waals surface area contributed by atoms with E-state index in [0.29, 0.717) is 25.6 Å². The summed E-state index contributed by atoms with van der Waals surface area (Å²) in [5.41, 5.74) is 0.790. The Hall–Kier alpha value is -0.780. The third-order valence-electron chi connectivity index (χ3n) is 3.33. The Kier molecular flexibility index (Phi) is 5.07. The van der Waals surface area contributed by atoms with Crippen molar-refractivity contribution in [1.82, 2.24) is 9.88 Å². The average molecular weight is 327 g/mol. The molecule has 0 aliphatic carbocycles. The van der Waals surface area contributed by atoms with Gasteiger partial charge in [0, 0.05) is 35.5 Å². The normalized spacial score (nSPS) is 20.7. The van der Waals surface area contributed by atoms with E-state index < -0.39 is 0 Å². The molecule has 0 N–H and O–H groups in total. The number of ketones is 1. The summed E-state index contributed by atoms with van der Waals surface area (Å²) in [6.45, 7) is 6.50. The molecule has 4 nitrogen and oxygen atoms in total. The predicted molar refractivity (Wildman–Crippen MR) is 77.1 cm³/mol. The summed E-state index contributed by atoms with van der Waals surface area (Å²) in [6.07, 6.45) is 1.73. The fourth-order valence-corrected chi connectivity index (χ4v) is 2.37. The Labute approximate surface area is 122 Å². The minimum Gasteiger partial charge on any atom is -0.368 e. The van der Waals surface area contributed by atoms with Gasteiger partial charge in [0.1, 0.15) is 6.10 Å². The van der Waals surface area contributed by atoms with Crippen LogP contribution in [0.25, 0.3) is 0 Å². The first-order valence-corrected chi connectivity index (χ1v) is 7.34. The first kappa shape index (κ1) is 14.6. The molecule has 1 aliphatic rings. The topological polar surface area (TPSA) is 42.4 Å². The Morgan fingerprint density at radius 2 is 2.37 bits per heavy atom. The van der Waals surface area contributed by atoms with Crippen molar-refractivity contribution in [2.45, 2.75) is 32.4 Å². The van der Waals surface area contributed by atoms with Crippen molar-refractivity contribution in [3.63, 3.8) is 0 Å². The maximum Gasteiger partial charge on any atom is 0.168 e. The number of aromatic nitrogens is 1. The van der Waals surface area contributed by atoms with Crippen molar-refractivity contribution in [2.24, 2.45) is 0 Å². The van der Waals surface area contributed by atoms with Crippen LogP contribution in [0.3, 0.4) is 0 Å². The van der Waals surface area contributed by atoms with E-state index in [9.17, 15) is 4.79 Å². The molecule has 0 saturated carbocycles. The van der Waals surface area contributed by atoms with Crippen molar-refractivity contribution in [2.75, 3.05) is 19.7 Å². The number of carbonyl (C=O) groups is 1. The van der Waals surface area contributed by atoms with Crippen LogP contribution in [0, 0.1) is 0 Å². The Bertz CT molecular complexity index is 434. The molecule has 19 heavy (non-hydrogen) atoms. The monoisotopic (exact) mass is 326 g/mol. The van der Waals surface area contributed by atoms with Gasteiger partial charge < -0.3 is 4.74 Å². The standard InChI is InChI=1S/C14H19BrN2O2/c1-10(2)17-5-6-19-14(9-17)13(18)7-12-4-3-11(15)8-16-12/h3-4,8,10,14H,5-7,9H2,1-2H3. The van der Waals surface area contributed by atoms with Crippen molar-refractivity contribution in [1.29, 1.82) is 0 Å². The molecule has 1 saturated heterocycles. The number of Topliss-reactive ketones (excluding diaryl/α,β-unsaturated/α-hetero) is 1. The third kappa shape index (κ3) is 4.09. The molecule has 2 heterocycles. The number of hydrogen-bond donors (Lipinski definition) is 0. The van der Waals surface area contributed by atoms with Gasteiger partial charge in [-0.15, -0.1) is 0 Å². The second kappa shape index (κ2) is 6.59. The highest BCUT2D eigenvalue weighted by Gasteiger charge is 2.27. The molecule has 5 heteroatoms. The van der Waals surface area contributed by atoms with Crippen LogP contribution in [0.5, 0.6) is 0 Å². The maximum absolute atomic E-state index is 12.2. The molecule has 0 spiro atoms. The number of pyridine rings is 1. The number of rotatable bonds is 4. The molecule has 2 rings (SSSR count). The van der Waals surface area contributed by atoms with Gasteiger partial charge in [-0.05, 0) is 41.9 Å². The molecule has 1 aromatic rings. The fraction of sp³-hybridized carbons (Fsp3) is 0.571. The van der Waals surface area contributed by atoms with Gasteiger partial charge in [-0.25, -0.2) is 0 Å². The SMILES string of the molecule is CC(C)N1CCOC(C(=O)Cc2ccc(Br)cn2)C1. The van der Waals surface area contributed by atoms with Gasteiger partial charge in [0.05, 0.1) is 13.0 Å². The first-order chi connectivity index (χ1) is 9.06. The minimum absolute atomic E-state index is 0.111. The van der Waals surface area contributed by atoms with Gasteiger partial charge in [-0.2, -0.15) is 0 Å². The van der Waals surface area contributed by atoms with Gasteiger partial charge in [0.25, 0.3) is 0 Å². The molecule has 1 aromatic heterocycles. The summed E-state index contributed by atoms with van der Waals surface area (Å²) in [5.74, 6) is 0.111. The fourth-order valence-electron chi connectivity index (χ4n) is 2.14. The number of ether oxygens (including phenoxy) is 1. The number of morpholine rings is 1. The molecule has 0 bridgehead atoms. The van der Waals surface area contributed by atoms with Gasteiger partial charge >= 0.3 is 0 Å². The van der Waals surface area contributed by atoms with Gasteiger partial charge in [-0.3, -0.25) is 14.7 Å². The Morgan fingerprint density at radius 1 is 1.58 bits per heavy atom. The summed E-state index contributed by atoms with van der Waals surface area (Å²) in [4.78, 5) is 18.7. The molecule has 104 valence electrons. The van der Waals surface area contributed by atoms with E-state index in [0.717, 1.165) is 16.7 Å². The lowest BCUT2D eigenvalue weighted by Gasteiger charge is -2.34. The first-order valence-electron chi connectivity index (χ1n) is 6.55. The van der Waals surface area contributed by atoms with Crippen molar-refractivity contribution >= 4 is 21.7 Å². The molecule has 1 atom stereocenters. The van der Waals surface area contributed by atoms with E-state index in [4.69, 9.17) is 4.74 Å². The van der Waals surface area contributed by atoms with Gasteiger partial charge in [0.15, 0.2) is 5.78 Å². The summed E-state index contributed by atoms with van der Waals surface area (Å²) in [6, 6.07) is 4.22. The van der Waals surface area contributed by atoms with Crippen LogP contribution in [0.4, 0.5) is 0 Å². The number of carbonyl (C=O) groups excluding carboxylic acids is 1. The van der Waals surface area contributed by atoms with Crippen LogP contribution in [0.15, 0.2) is 22.8 Å². The van der Waals surface area contributed by atoms with E-state index >= 15 is 0 Å². The Balaban J connectivity index is 1.94. The highest BCUT2D eigenvalue weighted by Crippen LogP contribution is 2.13. The van der Waals surface area contributed by atoms with E-state index in [-0.39, 0.29) is 11.9 Å². The predicted octanol–water partition coefficient (Wildman–Crippen LogP) is 2.06. The van der Waals surface area contributed by atoms with Gasteiger partial charge in [-0.1, -0.05) is 0 Å². The zero-order valence-electron chi connectivity index (χ0n) is 11.3. The van der Waals surface area contributed by atoms with Crippen LogP contribution in [-0.2, 0) is 16.0 Å². The van der Waals surface area contributed by atoms with Crippen molar-refractivity contribution in [3.05, 3.63) is 28.5 Å². The highest BCUT2D eigenvalue weighted by molar-refractivity contribution is 9.10. The summed E-state index contributed by atoms with van der Waals surface area (Å²) in [5, 5.41) is 0. The number of nitrogens with zero attached hydrogens (tertiary/aromatic N) is 2. The minimum atomic E-state index is -0.318. The van der Waals surface area contributed by atoms with E-state index in [1.165, 1.54) is 0 Å². The van der Waals surface area contributed by atoms with Crippen LogP contribution in [0.1, 0.15) is 19.5 Å². The number of hydrogen-bond acceptors (Lipinski definition) is 4. The molecule has 1 fully saturated rings. The lowest BCUT2D eigenvalue weighted by atomic mass is 10.1.